The zero-order valence-corrected chi connectivity index (χ0v) is 20.7. The second-order valence-corrected chi connectivity index (χ2v) is 9.35. The lowest BCUT2D eigenvalue weighted by Gasteiger charge is -2.25. The highest BCUT2D eigenvalue weighted by Crippen LogP contribution is 2.41. The average Bonchev–Trinajstić information content (AvgIpc) is 3.42. The number of ketones is 1. The molecular weight excluding hydrogens is 466 g/mol. The van der Waals surface area contributed by atoms with Crippen molar-refractivity contribution in [2.24, 2.45) is 0 Å². The van der Waals surface area contributed by atoms with Crippen LogP contribution in [-0.4, -0.2) is 41.0 Å². The number of aliphatic hydroxyl groups is 1. The Morgan fingerprint density at radius 1 is 1.11 bits per heavy atom. The van der Waals surface area contributed by atoms with Crippen LogP contribution in [0.5, 0.6) is 11.5 Å². The molecule has 2 aliphatic heterocycles. The maximum atomic E-state index is 13.4. The molecule has 188 valence electrons. The van der Waals surface area contributed by atoms with Crippen LogP contribution in [0.4, 0.5) is 0 Å². The van der Waals surface area contributed by atoms with Crippen LogP contribution in [0.2, 0.25) is 0 Å². The number of amides is 1. The van der Waals surface area contributed by atoms with Gasteiger partial charge in [-0.15, -0.1) is 0 Å². The van der Waals surface area contributed by atoms with Gasteiger partial charge in [0.25, 0.3) is 11.7 Å². The number of fused-ring (bicyclic) bond motifs is 1. The van der Waals surface area contributed by atoms with Crippen molar-refractivity contribution in [2.75, 3.05) is 13.2 Å². The number of carbonyl (C=O) groups is 2. The molecule has 2 aliphatic rings. The summed E-state index contributed by atoms with van der Waals surface area (Å²) in [4.78, 5) is 28.2. The molecule has 1 saturated heterocycles. The second kappa shape index (κ2) is 10.3. The van der Waals surface area contributed by atoms with E-state index in [0.717, 1.165) is 28.9 Å². The highest BCUT2D eigenvalue weighted by atomic mass is 16.5. The Hall–Kier alpha value is -4.32. The number of Topliss-reactive ketones (excluding diaryl/α,β-unsaturated/α-hetero) is 1. The number of rotatable bonds is 8. The van der Waals surface area contributed by atoms with Crippen molar-refractivity contribution in [2.45, 2.75) is 31.9 Å². The van der Waals surface area contributed by atoms with Crippen molar-refractivity contribution in [3.8, 4) is 11.5 Å². The molecule has 1 N–H and O–H groups in total. The Kier molecular flexibility index (Phi) is 6.82. The average molecular weight is 496 g/mol. The number of likely N-dealkylation sites (tertiary alicyclic amines) is 1. The van der Waals surface area contributed by atoms with E-state index in [1.165, 1.54) is 0 Å². The predicted octanol–water partition coefficient (Wildman–Crippen LogP) is 5.24. The first kappa shape index (κ1) is 24.4. The van der Waals surface area contributed by atoms with Crippen LogP contribution < -0.4 is 9.47 Å². The number of ether oxygens (including phenoxy) is 2. The number of benzene rings is 3. The summed E-state index contributed by atoms with van der Waals surface area (Å²) in [7, 11) is 0. The van der Waals surface area contributed by atoms with Gasteiger partial charge in [-0.25, -0.2) is 0 Å². The fraction of sp³-hybridized carbons (Fsp3) is 0.226. The molecule has 6 nitrogen and oxygen atoms in total. The fourth-order valence-electron chi connectivity index (χ4n) is 4.98. The molecule has 0 radical (unpaired) electrons. The second-order valence-electron chi connectivity index (χ2n) is 9.35. The Bertz CT molecular complexity index is 1360. The number of carbonyl (C=O) groups excluding carboxylic acids is 2. The van der Waals surface area contributed by atoms with E-state index in [1.807, 2.05) is 55.5 Å². The topological polar surface area (TPSA) is 76.1 Å². The van der Waals surface area contributed by atoms with E-state index < -0.39 is 17.7 Å². The molecular formula is C31H29NO5. The third kappa shape index (κ3) is 4.87. The molecule has 2 heterocycles. The minimum atomic E-state index is -0.722. The summed E-state index contributed by atoms with van der Waals surface area (Å²) in [5.41, 5.74) is 3.33. The van der Waals surface area contributed by atoms with Crippen molar-refractivity contribution in [1.29, 1.82) is 0 Å². The molecule has 3 aromatic rings. The number of nitrogens with zero attached hydrogens (tertiary/aromatic N) is 1. The third-order valence-corrected chi connectivity index (χ3v) is 6.76. The van der Waals surface area contributed by atoms with Gasteiger partial charge in [0.1, 0.15) is 30.0 Å². The number of hydrogen-bond donors (Lipinski definition) is 1. The normalized spacial score (nSPS) is 20.0. The molecule has 2 atom stereocenters. The first-order valence-electron chi connectivity index (χ1n) is 12.4. The minimum Gasteiger partial charge on any atom is -0.507 e. The highest BCUT2D eigenvalue weighted by Gasteiger charge is 2.46. The van der Waals surface area contributed by atoms with E-state index in [9.17, 15) is 14.7 Å². The third-order valence-electron chi connectivity index (χ3n) is 6.76. The standard InChI is InChI=1S/C31H29NO5/c1-3-17-36-25-12-9-22(10-13-25)28-27(29(33)23-11-14-26-24(19-23)18-20(2)37-26)30(34)31(35)32(28)16-15-21-7-5-4-6-8-21/h3-14,19-20,28,33H,1,15-18H2,2H3/b29-27-. The summed E-state index contributed by atoms with van der Waals surface area (Å²) in [6.07, 6.45) is 3.02. The highest BCUT2D eigenvalue weighted by molar-refractivity contribution is 6.46. The Morgan fingerprint density at radius 2 is 1.86 bits per heavy atom. The van der Waals surface area contributed by atoms with Gasteiger partial charge in [-0.2, -0.15) is 0 Å². The van der Waals surface area contributed by atoms with Gasteiger partial charge in [-0.3, -0.25) is 9.59 Å². The summed E-state index contributed by atoms with van der Waals surface area (Å²) >= 11 is 0. The van der Waals surface area contributed by atoms with Gasteiger partial charge in [-0.05, 0) is 60.4 Å². The fourth-order valence-corrected chi connectivity index (χ4v) is 4.98. The van der Waals surface area contributed by atoms with Gasteiger partial charge in [0.05, 0.1) is 11.6 Å². The van der Waals surface area contributed by atoms with Gasteiger partial charge in [0.2, 0.25) is 0 Å². The Labute approximate surface area is 216 Å². The molecule has 6 heteroatoms. The molecule has 3 aromatic carbocycles. The van der Waals surface area contributed by atoms with Crippen molar-refractivity contribution in [1.82, 2.24) is 4.90 Å². The van der Waals surface area contributed by atoms with Crippen LogP contribution >= 0.6 is 0 Å². The van der Waals surface area contributed by atoms with Gasteiger partial charge in [0, 0.05) is 18.5 Å². The molecule has 0 spiro atoms. The molecule has 5 rings (SSSR count). The zero-order chi connectivity index (χ0) is 25.9. The monoisotopic (exact) mass is 495 g/mol. The van der Waals surface area contributed by atoms with E-state index in [-0.39, 0.29) is 17.4 Å². The van der Waals surface area contributed by atoms with Crippen LogP contribution in [0.15, 0.2) is 91.0 Å². The van der Waals surface area contributed by atoms with Crippen LogP contribution in [0.1, 0.15) is 35.2 Å². The first-order chi connectivity index (χ1) is 18.0. The smallest absolute Gasteiger partial charge is 0.295 e. The maximum Gasteiger partial charge on any atom is 0.295 e. The molecule has 1 amide bonds. The first-order valence-corrected chi connectivity index (χ1v) is 12.4. The SMILES string of the molecule is C=CCOc1ccc(C2/C(=C(/O)c3ccc4c(c3)CC(C)O4)C(=O)C(=O)N2CCc2ccccc2)cc1. The number of hydrogen-bond acceptors (Lipinski definition) is 5. The van der Waals surface area contributed by atoms with Crippen LogP contribution in [0, 0.1) is 0 Å². The molecule has 2 unspecified atom stereocenters. The lowest BCUT2D eigenvalue weighted by Crippen LogP contribution is -2.31. The molecule has 0 saturated carbocycles. The van der Waals surface area contributed by atoms with E-state index in [0.29, 0.717) is 30.9 Å². The van der Waals surface area contributed by atoms with Gasteiger partial charge in [0.15, 0.2) is 0 Å². The van der Waals surface area contributed by atoms with Crippen molar-refractivity contribution < 1.29 is 24.2 Å². The summed E-state index contributed by atoms with van der Waals surface area (Å²) < 4.78 is 11.4. The van der Waals surface area contributed by atoms with Crippen LogP contribution in [-0.2, 0) is 22.4 Å². The molecule has 0 aromatic heterocycles. The van der Waals surface area contributed by atoms with Crippen molar-refractivity contribution in [3.05, 3.63) is 113 Å². The van der Waals surface area contributed by atoms with Crippen molar-refractivity contribution >= 4 is 17.4 Å². The van der Waals surface area contributed by atoms with Crippen LogP contribution in [0.25, 0.3) is 5.76 Å². The lowest BCUT2D eigenvalue weighted by atomic mass is 9.94. The lowest BCUT2D eigenvalue weighted by molar-refractivity contribution is -0.139. The predicted molar refractivity (Wildman–Crippen MR) is 142 cm³/mol. The summed E-state index contributed by atoms with van der Waals surface area (Å²) in [6, 6.07) is 21.7. The summed E-state index contributed by atoms with van der Waals surface area (Å²) in [5.74, 6) is -0.0585. The van der Waals surface area contributed by atoms with Crippen molar-refractivity contribution in [3.63, 3.8) is 0 Å². The molecule has 0 bridgehead atoms. The molecule has 0 aliphatic carbocycles. The summed E-state index contributed by atoms with van der Waals surface area (Å²) in [5, 5.41) is 11.4. The maximum absolute atomic E-state index is 13.4. The summed E-state index contributed by atoms with van der Waals surface area (Å²) in [6.45, 7) is 6.35. The van der Waals surface area contributed by atoms with E-state index in [2.05, 4.69) is 6.58 Å². The Balaban J connectivity index is 1.54. The van der Waals surface area contributed by atoms with Gasteiger partial charge < -0.3 is 19.5 Å². The molecule has 1 fully saturated rings. The van der Waals surface area contributed by atoms with Gasteiger partial charge in [-0.1, -0.05) is 55.1 Å². The largest absolute Gasteiger partial charge is 0.507 e. The Morgan fingerprint density at radius 3 is 2.59 bits per heavy atom. The quantitative estimate of drug-likeness (QED) is 0.200. The van der Waals surface area contributed by atoms with E-state index in [4.69, 9.17) is 9.47 Å². The minimum absolute atomic E-state index is 0.0535. The van der Waals surface area contributed by atoms with E-state index >= 15 is 0 Å². The van der Waals surface area contributed by atoms with E-state index in [1.54, 1.807) is 35.2 Å². The van der Waals surface area contributed by atoms with Gasteiger partial charge >= 0.3 is 0 Å². The zero-order valence-electron chi connectivity index (χ0n) is 20.7. The molecule has 37 heavy (non-hydrogen) atoms. The number of aliphatic hydroxyl groups excluding tert-OH is 1. The van der Waals surface area contributed by atoms with Crippen LogP contribution in [0.3, 0.4) is 0 Å².